The fraction of sp³-hybridized carbons (Fsp3) is 0.800. The molecule has 1 saturated heterocycles. The van der Waals surface area contributed by atoms with Crippen LogP contribution in [-0.2, 0) is 19.2 Å². The van der Waals surface area contributed by atoms with Gasteiger partial charge in [0.25, 0.3) is 0 Å². The van der Waals surface area contributed by atoms with E-state index in [4.69, 9.17) is 11.5 Å². The third kappa shape index (κ3) is 8.66. The Morgan fingerprint density at radius 3 is 2.39 bits per heavy atom. The highest BCUT2D eigenvalue weighted by atomic mass is 32.1. The molecule has 31 heavy (non-hydrogen) atoms. The van der Waals surface area contributed by atoms with Crippen LogP contribution in [0.15, 0.2) is 0 Å². The molecule has 1 aliphatic heterocycles. The highest BCUT2D eigenvalue weighted by Crippen LogP contribution is 2.20. The molecule has 0 aromatic rings. The van der Waals surface area contributed by atoms with Crippen LogP contribution in [0.4, 0.5) is 0 Å². The van der Waals surface area contributed by atoms with Crippen LogP contribution in [0.3, 0.4) is 0 Å². The molecule has 0 saturated carbocycles. The van der Waals surface area contributed by atoms with Crippen LogP contribution in [0.2, 0.25) is 0 Å². The number of unbranched alkanes of at least 4 members (excludes halogenated alkanes) is 1. The number of carbonyl (C=O) groups excluding carboxylic acids is 3. The summed E-state index contributed by atoms with van der Waals surface area (Å²) in [5.74, 6) is -2.23. The fourth-order valence-electron chi connectivity index (χ4n) is 3.58. The smallest absolute Gasteiger partial charge is 0.326 e. The van der Waals surface area contributed by atoms with Gasteiger partial charge in [0.15, 0.2) is 0 Å². The van der Waals surface area contributed by atoms with Crippen molar-refractivity contribution < 1.29 is 24.3 Å². The van der Waals surface area contributed by atoms with E-state index in [1.165, 1.54) is 4.90 Å². The Morgan fingerprint density at radius 2 is 1.84 bits per heavy atom. The number of carboxylic acid groups (broad SMARTS) is 1. The minimum Gasteiger partial charge on any atom is -0.480 e. The predicted molar refractivity (Wildman–Crippen MR) is 120 cm³/mol. The summed E-state index contributed by atoms with van der Waals surface area (Å²) in [6.07, 6.45) is 3.04. The molecule has 1 heterocycles. The number of likely N-dealkylation sites (tertiary alicyclic amines) is 1. The summed E-state index contributed by atoms with van der Waals surface area (Å²) in [7, 11) is 0. The number of nitrogens with zero attached hydrogens (tertiary/aromatic N) is 1. The van der Waals surface area contributed by atoms with Gasteiger partial charge in [-0.25, -0.2) is 4.79 Å². The summed E-state index contributed by atoms with van der Waals surface area (Å²) >= 11 is 4.02. The summed E-state index contributed by atoms with van der Waals surface area (Å²) in [5.41, 5.74) is 11.3. The highest BCUT2D eigenvalue weighted by Gasteiger charge is 2.39. The fourth-order valence-corrected chi connectivity index (χ4v) is 3.74. The standard InChI is InChI=1S/C20H37N5O5S/c1-12(2)10-15(20(29)30)24-18(27)16-7-5-9-25(16)19(28)14(6-3-4-8-21)23-17(26)13(22)11-31/h12-16,31H,3-11,21-22H2,1-2H3,(H,23,26)(H,24,27)(H,29,30). The van der Waals surface area contributed by atoms with Gasteiger partial charge >= 0.3 is 5.97 Å². The minimum atomic E-state index is -1.11. The largest absolute Gasteiger partial charge is 0.480 e. The predicted octanol–water partition coefficient (Wildman–Crippen LogP) is -0.536. The number of carboxylic acids is 1. The number of hydrogen-bond donors (Lipinski definition) is 6. The summed E-state index contributed by atoms with van der Waals surface area (Å²) in [4.78, 5) is 51.2. The zero-order valence-electron chi connectivity index (χ0n) is 18.4. The second-order valence-electron chi connectivity index (χ2n) is 8.35. The third-order valence-electron chi connectivity index (χ3n) is 5.26. The lowest BCUT2D eigenvalue weighted by Gasteiger charge is -2.30. The van der Waals surface area contributed by atoms with Gasteiger partial charge < -0.3 is 32.1 Å². The van der Waals surface area contributed by atoms with Crippen molar-refractivity contribution in [2.45, 2.75) is 76.5 Å². The topological polar surface area (TPSA) is 168 Å². The number of nitrogens with one attached hydrogen (secondary N) is 2. The van der Waals surface area contributed by atoms with E-state index in [9.17, 15) is 24.3 Å². The van der Waals surface area contributed by atoms with Crippen LogP contribution in [0.1, 0.15) is 52.4 Å². The molecule has 4 atom stereocenters. The molecule has 0 aliphatic carbocycles. The minimum absolute atomic E-state index is 0.0842. The molecule has 1 rings (SSSR count). The lowest BCUT2D eigenvalue weighted by Crippen LogP contribution is -2.57. The van der Waals surface area contributed by atoms with Gasteiger partial charge in [0.1, 0.15) is 18.1 Å². The van der Waals surface area contributed by atoms with Crippen LogP contribution in [0.5, 0.6) is 0 Å². The first-order valence-corrected chi connectivity index (χ1v) is 11.5. The van der Waals surface area contributed by atoms with E-state index in [1.54, 1.807) is 0 Å². The number of nitrogens with two attached hydrogens (primary N) is 2. The normalized spacial score (nSPS) is 19.0. The molecular formula is C20H37N5O5S. The van der Waals surface area contributed by atoms with E-state index in [2.05, 4.69) is 23.3 Å². The zero-order chi connectivity index (χ0) is 23.6. The average molecular weight is 460 g/mol. The van der Waals surface area contributed by atoms with E-state index in [-0.39, 0.29) is 17.6 Å². The molecular weight excluding hydrogens is 422 g/mol. The number of hydrogen-bond acceptors (Lipinski definition) is 7. The summed E-state index contributed by atoms with van der Waals surface area (Å²) in [6, 6.07) is -3.46. The van der Waals surface area contributed by atoms with Crippen LogP contribution in [0.25, 0.3) is 0 Å². The molecule has 1 fully saturated rings. The molecule has 7 N–H and O–H groups in total. The van der Waals surface area contributed by atoms with Crippen molar-refractivity contribution in [1.82, 2.24) is 15.5 Å². The first kappa shape index (κ1) is 27.2. The molecule has 10 nitrogen and oxygen atoms in total. The van der Waals surface area contributed by atoms with Gasteiger partial charge in [0.2, 0.25) is 17.7 Å². The maximum atomic E-state index is 13.2. The van der Waals surface area contributed by atoms with E-state index in [1.807, 2.05) is 13.8 Å². The summed E-state index contributed by atoms with van der Waals surface area (Å²) in [6.45, 7) is 4.57. The zero-order valence-corrected chi connectivity index (χ0v) is 19.3. The van der Waals surface area contributed by atoms with E-state index < -0.39 is 42.0 Å². The quantitative estimate of drug-likeness (QED) is 0.159. The van der Waals surface area contributed by atoms with Crippen LogP contribution >= 0.6 is 12.6 Å². The van der Waals surface area contributed by atoms with Crippen molar-refractivity contribution in [1.29, 1.82) is 0 Å². The van der Waals surface area contributed by atoms with Gasteiger partial charge in [-0.2, -0.15) is 12.6 Å². The van der Waals surface area contributed by atoms with Crippen LogP contribution in [-0.4, -0.2) is 76.7 Å². The molecule has 4 unspecified atom stereocenters. The van der Waals surface area contributed by atoms with Gasteiger partial charge in [-0.15, -0.1) is 0 Å². The van der Waals surface area contributed by atoms with Gasteiger partial charge in [0.05, 0.1) is 6.04 Å². The molecule has 0 bridgehead atoms. The van der Waals surface area contributed by atoms with Crippen molar-refractivity contribution in [2.75, 3.05) is 18.8 Å². The number of rotatable bonds is 13. The Balaban J connectivity index is 2.92. The van der Waals surface area contributed by atoms with Crippen molar-refractivity contribution in [2.24, 2.45) is 17.4 Å². The van der Waals surface area contributed by atoms with Crippen molar-refractivity contribution in [3.8, 4) is 0 Å². The Labute approximate surface area is 189 Å². The van der Waals surface area contributed by atoms with Gasteiger partial charge in [-0.3, -0.25) is 14.4 Å². The Hall–Kier alpha value is -1.85. The monoisotopic (exact) mass is 459 g/mol. The maximum absolute atomic E-state index is 13.2. The first-order chi connectivity index (χ1) is 14.6. The van der Waals surface area contributed by atoms with Crippen molar-refractivity contribution in [3.05, 3.63) is 0 Å². The lowest BCUT2D eigenvalue weighted by atomic mass is 10.0. The number of amides is 3. The molecule has 0 aromatic carbocycles. The number of thiol groups is 1. The van der Waals surface area contributed by atoms with E-state index in [0.717, 1.165) is 0 Å². The number of aliphatic carboxylic acids is 1. The van der Waals surface area contributed by atoms with Gasteiger partial charge in [-0.1, -0.05) is 13.8 Å². The summed E-state index contributed by atoms with van der Waals surface area (Å²) < 4.78 is 0. The Kier molecular flexibility index (Phi) is 11.9. The molecule has 3 amide bonds. The second kappa shape index (κ2) is 13.5. The summed E-state index contributed by atoms with van der Waals surface area (Å²) in [5, 5.41) is 14.6. The Morgan fingerprint density at radius 1 is 1.16 bits per heavy atom. The van der Waals surface area contributed by atoms with Crippen LogP contribution < -0.4 is 22.1 Å². The number of carbonyl (C=O) groups is 4. The Bertz CT molecular complexity index is 633. The van der Waals surface area contributed by atoms with Crippen molar-refractivity contribution >= 4 is 36.3 Å². The first-order valence-electron chi connectivity index (χ1n) is 10.8. The molecule has 11 heteroatoms. The van der Waals surface area contributed by atoms with Gasteiger partial charge in [-0.05, 0) is 51.0 Å². The molecule has 0 radical (unpaired) electrons. The lowest BCUT2D eigenvalue weighted by molar-refractivity contribution is -0.145. The van der Waals surface area contributed by atoms with E-state index in [0.29, 0.717) is 51.6 Å². The third-order valence-corrected chi connectivity index (χ3v) is 5.65. The average Bonchev–Trinajstić information content (AvgIpc) is 3.20. The van der Waals surface area contributed by atoms with Crippen LogP contribution in [0, 0.1) is 5.92 Å². The molecule has 0 aromatic heterocycles. The molecule has 1 aliphatic rings. The highest BCUT2D eigenvalue weighted by molar-refractivity contribution is 7.80. The maximum Gasteiger partial charge on any atom is 0.326 e. The van der Waals surface area contributed by atoms with Crippen molar-refractivity contribution in [3.63, 3.8) is 0 Å². The molecule has 178 valence electrons. The SMILES string of the molecule is CC(C)CC(NC(=O)C1CCCN1C(=O)C(CCCCN)NC(=O)C(N)CS)C(=O)O. The van der Waals surface area contributed by atoms with Gasteiger partial charge in [0, 0.05) is 12.3 Å². The molecule has 0 spiro atoms. The second-order valence-corrected chi connectivity index (χ2v) is 8.72. The van der Waals surface area contributed by atoms with E-state index >= 15 is 0 Å².